The Morgan fingerprint density at radius 2 is 2.05 bits per heavy atom. The van der Waals surface area contributed by atoms with Gasteiger partial charge in [-0.15, -0.1) is 0 Å². The summed E-state index contributed by atoms with van der Waals surface area (Å²) in [6.07, 6.45) is 0.829. The zero-order valence-electron chi connectivity index (χ0n) is 11.8. The molecule has 1 fully saturated rings. The molecular weight excluding hydrogens is 338 g/mol. The predicted octanol–water partition coefficient (Wildman–Crippen LogP) is 2.37. The molecule has 1 aliphatic rings. The summed E-state index contributed by atoms with van der Waals surface area (Å²) >= 11 is 3.39. The molecule has 0 atom stereocenters. The minimum Gasteiger partial charge on any atom is -0.481 e. The molecule has 114 valence electrons. The van der Waals surface area contributed by atoms with Crippen molar-refractivity contribution in [3.63, 3.8) is 0 Å². The second kappa shape index (κ2) is 6.58. The highest BCUT2D eigenvalue weighted by atomic mass is 79.9. The molecular formula is C15H18BrNO4. The zero-order chi connectivity index (χ0) is 15.5. The van der Waals surface area contributed by atoms with E-state index in [1.807, 2.05) is 13.0 Å². The highest BCUT2D eigenvalue weighted by Crippen LogP contribution is 2.30. The summed E-state index contributed by atoms with van der Waals surface area (Å²) in [5.41, 5.74) is 0.550. The van der Waals surface area contributed by atoms with E-state index in [4.69, 9.17) is 4.74 Å². The van der Waals surface area contributed by atoms with Gasteiger partial charge in [-0.2, -0.15) is 0 Å². The topological polar surface area (TPSA) is 75.6 Å². The molecule has 0 unspecified atom stereocenters. The first-order chi connectivity index (χ1) is 9.96. The van der Waals surface area contributed by atoms with Crippen LogP contribution in [0.3, 0.4) is 0 Å². The highest BCUT2D eigenvalue weighted by molar-refractivity contribution is 9.10. The van der Waals surface area contributed by atoms with Crippen LogP contribution in [0, 0.1) is 12.3 Å². The van der Waals surface area contributed by atoms with Gasteiger partial charge in [-0.1, -0.05) is 12.1 Å². The van der Waals surface area contributed by atoms with Crippen molar-refractivity contribution in [2.75, 3.05) is 19.8 Å². The van der Waals surface area contributed by atoms with Gasteiger partial charge in [0.05, 0.1) is 11.0 Å². The van der Waals surface area contributed by atoms with Gasteiger partial charge in [-0.05, 0) is 47.3 Å². The van der Waals surface area contributed by atoms with Crippen molar-refractivity contribution in [2.24, 2.45) is 5.41 Å². The van der Waals surface area contributed by atoms with Crippen molar-refractivity contribution in [2.45, 2.75) is 19.8 Å². The summed E-state index contributed by atoms with van der Waals surface area (Å²) in [6.45, 7) is 2.84. The molecule has 0 aliphatic carbocycles. The van der Waals surface area contributed by atoms with Crippen molar-refractivity contribution < 1.29 is 19.4 Å². The number of hydrogen-bond acceptors (Lipinski definition) is 3. The van der Waals surface area contributed by atoms with Gasteiger partial charge in [-0.3, -0.25) is 9.59 Å². The predicted molar refractivity (Wildman–Crippen MR) is 81.3 cm³/mol. The van der Waals surface area contributed by atoms with Crippen molar-refractivity contribution in [3.05, 3.63) is 33.8 Å². The highest BCUT2D eigenvalue weighted by Gasteiger charge is 2.40. The summed E-state index contributed by atoms with van der Waals surface area (Å²) in [6, 6.07) is 5.42. The Morgan fingerprint density at radius 3 is 2.67 bits per heavy atom. The van der Waals surface area contributed by atoms with Crippen LogP contribution in [0.4, 0.5) is 0 Å². The maximum atomic E-state index is 12.3. The number of aryl methyl sites for hydroxylation is 1. The van der Waals surface area contributed by atoms with Crippen LogP contribution >= 0.6 is 15.9 Å². The molecule has 0 aromatic heterocycles. The lowest BCUT2D eigenvalue weighted by atomic mass is 9.80. The molecule has 1 aromatic carbocycles. The summed E-state index contributed by atoms with van der Waals surface area (Å²) in [5.74, 6) is -1.15. The van der Waals surface area contributed by atoms with Gasteiger partial charge in [0.25, 0.3) is 5.91 Å². The van der Waals surface area contributed by atoms with Crippen molar-refractivity contribution in [1.29, 1.82) is 0 Å². The van der Waals surface area contributed by atoms with Gasteiger partial charge in [0.2, 0.25) is 0 Å². The van der Waals surface area contributed by atoms with Crippen LogP contribution in [-0.4, -0.2) is 36.7 Å². The van der Waals surface area contributed by atoms with Crippen molar-refractivity contribution in [3.8, 4) is 0 Å². The molecule has 1 heterocycles. The van der Waals surface area contributed by atoms with Crippen molar-refractivity contribution >= 4 is 27.8 Å². The number of benzene rings is 1. The standard InChI is InChI=1S/C15H18BrNO4/c1-10-3-2-4-11(12(10)16)13(18)17-9-15(14(19)20)5-7-21-8-6-15/h2-4H,5-9H2,1H3,(H,17,18)(H,19,20). The second-order valence-corrected chi connectivity index (χ2v) is 6.11. The Morgan fingerprint density at radius 1 is 1.38 bits per heavy atom. The van der Waals surface area contributed by atoms with Crippen LogP contribution in [0.25, 0.3) is 0 Å². The molecule has 0 radical (unpaired) electrons. The fourth-order valence-corrected chi connectivity index (χ4v) is 2.84. The Balaban J connectivity index is 2.09. The number of carbonyl (C=O) groups excluding carboxylic acids is 1. The normalized spacial score (nSPS) is 17.2. The molecule has 0 bridgehead atoms. The largest absolute Gasteiger partial charge is 0.481 e. The molecule has 2 rings (SSSR count). The zero-order valence-corrected chi connectivity index (χ0v) is 13.4. The van der Waals surface area contributed by atoms with E-state index in [0.717, 1.165) is 10.0 Å². The number of nitrogens with one attached hydrogen (secondary N) is 1. The Kier molecular flexibility index (Phi) is 5.00. The molecule has 0 spiro atoms. The minimum absolute atomic E-state index is 0.116. The number of carboxylic acids is 1. The van der Waals surface area contributed by atoms with Gasteiger partial charge < -0.3 is 15.2 Å². The smallest absolute Gasteiger partial charge is 0.311 e. The first-order valence-corrected chi connectivity index (χ1v) is 7.60. The molecule has 1 aliphatic heterocycles. The van der Waals surface area contributed by atoms with Gasteiger partial charge in [0, 0.05) is 24.2 Å². The van der Waals surface area contributed by atoms with Crippen LogP contribution in [0.2, 0.25) is 0 Å². The molecule has 21 heavy (non-hydrogen) atoms. The third kappa shape index (κ3) is 3.44. The third-order valence-corrected chi connectivity index (χ3v) is 4.98. The quantitative estimate of drug-likeness (QED) is 0.869. The van der Waals surface area contributed by atoms with E-state index in [9.17, 15) is 14.7 Å². The molecule has 1 aromatic rings. The van der Waals surface area contributed by atoms with Gasteiger partial charge in [0.1, 0.15) is 0 Å². The molecule has 1 saturated heterocycles. The summed E-state index contributed by atoms with van der Waals surface area (Å²) in [5, 5.41) is 12.2. The second-order valence-electron chi connectivity index (χ2n) is 5.32. The van der Waals surface area contributed by atoms with Crippen LogP contribution in [0.1, 0.15) is 28.8 Å². The van der Waals surface area contributed by atoms with E-state index >= 15 is 0 Å². The number of halogens is 1. The first-order valence-electron chi connectivity index (χ1n) is 6.81. The summed E-state index contributed by atoms with van der Waals surface area (Å²) < 4.78 is 5.95. The molecule has 0 saturated carbocycles. The van der Waals surface area contributed by atoms with Gasteiger partial charge in [-0.25, -0.2) is 0 Å². The van der Waals surface area contributed by atoms with E-state index in [2.05, 4.69) is 21.2 Å². The van der Waals surface area contributed by atoms with E-state index < -0.39 is 11.4 Å². The molecule has 2 N–H and O–H groups in total. The van der Waals surface area contributed by atoms with Gasteiger partial charge in [0.15, 0.2) is 0 Å². The lowest BCUT2D eigenvalue weighted by Crippen LogP contribution is -2.46. The fraction of sp³-hybridized carbons (Fsp3) is 0.467. The molecule has 5 nitrogen and oxygen atoms in total. The summed E-state index contributed by atoms with van der Waals surface area (Å²) in [4.78, 5) is 23.8. The maximum absolute atomic E-state index is 12.3. The average molecular weight is 356 g/mol. The van der Waals surface area contributed by atoms with Crippen LogP contribution in [-0.2, 0) is 9.53 Å². The van der Waals surface area contributed by atoms with Crippen LogP contribution in [0.15, 0.2) is 22.7 Å². The lowest BCUT2D eigenvalue weighted by molar-refractivity contribution is -0.154. The van der Waals surface area contributed by atoms with E-state index in [-0.39, 0.29) is 12.5 Å². The number of carbonyl (C=O) groups is 2. The number of rotatable bonds is 4. The Bertz CT molecular complexity index is 553. The first kappa shape index (κ1) is 16.0. The SMILES string of the molecule is Cc1cccc(C(=O)NCC2(C(=O)O)CCOCC2)c1Br. The summed E-state index contributed by atoms with van der Waals surface area (Å²) in [7, 11) is 0. The monoisotopic (exact) mass is 355 g/mol. The Hall–Kier alpha value is -1.40. The number of ether oxygens (including phenoxy) is 1. The number of aliphatic carboxylic acids is 1. The molecule has 1 amide bonds. The van der Waals surface area contributed by atoms with E-state index in [1.54, 1.807) is 12.1 Å². The third-order valence-electron chi connectivity index (χ3n) is 3.93. The number of amides is 1. The fourth-order valence-electron chi connectivity index (χ4n) is 2.40. The number of carboxylic acid groups (broad SMARTS) is 1. The van der Waals surface area contributed by atoms with Crippen molar-refractivity contribution in [1.82, 2.24) is 5.32 Å². The average Bonchev–Trinajstić information content (AvgIpc) is 2.48. The lowest BCUT2D eigenvalue weighted by Gasteiger charge is -2.33. The van der Waals surface area contributed by atoms with E-state index in [1.165, 1.54) is 0 Å². The van der Waals surface area contributed by atoms with Gasteiger partial charge >= 0.3 is 5.97 Å². The minimum atomic E-state index is -0.926. The van der Waals surface area contributed by atoms with E-state index in [0.29, 0.717) is 31.6 Å². The van der Waals surface area contributed by atoms with Crippen LogP contribution < -0.4 is 5.32 Å². The van der Waals surface area contributed by atoms with Crippen LogP contribution in [0.5, 0.6) is 0 Å². The Labute approximate surface area is 131 Å². The number of hydrogen-bond donors (Lipinski definition) is 2. The maximum Gasteiger partial charge on any atom is 0.311 e. The molecule has 6 heteroatoms.